The largest absolute Gasteiger partial charge is 0.459 e. The number of amides is 3. The fourth-order valence-corrected chi connectivity index (χ4v) is 3.86. The third-order valence-electron chi connectivity index (χ3n) is 5.48. The topological polar surface area (TPSA) is 82.9 Å². The maximum Gasteiger partial charge on any atom is 0.286 e. The lowest BCUT2D eigenvalue weighted by Crippen LogP contribution is -2.45. The Hall–Kier alpha value is -2.31. The van der Waals surface area contributed by atoms with E-state index in [1.54, 1.807) is 12.1 Å². The van der Waals surface area contributed by atoms with Crippen molar-refractivity contribution in [2.45, 2.75) is 44.9 Å². The quantitative estimate of drug-likeness (QED) is 0.854. The first-order valence-electron chi connectivity index (χ1n) is 10.0. The van der Waals surface area contributed by atoms with E-state index in [0.29, 0.717) is 13.1 Å². The first-order chi connectivity index (χ1) is 13.1. The average Bonchev–Trinajstić information content (AvgIpc) is 3.10. The summed E-state index contributed by atoms with van der Waals surface area (Å²) in [5.41, 5.74) is 0. The predicted molar refractivity (Wildman–Crippen MR) is 100 cm³/mol. The van der Waals surface area contributed by atoms with Crippen LogP contribution in [0.4, 0.5) is 0 Å². The van der Waals surface area contributed by atoms with Crippen LogP contribution in [0.5, 0.6) is 0 Å². The van der Waals surface area contributed by atoms with Gasteiger partial charge in [-0.25, -0.2) is 0 Å². The highest BCUT2D eigenvalue weighted by molar-refractivity contribution is 5.91. The van der Waals surface area contributed by atoms with Crippen LogP contribution in [0, 0.1) is 5.92 Å². The first kappa shape index (κ1) is 19.5. The van der Waals surface area contributed by atoms with Crippen LogP contribution in [0.25, 0.3) is 0 Å². The van der Waals surface area contributed by atoms with Crippen molar-refractivity contribution in [1.82, 2.24) is 15.1 Å². The zero-order chi connectivity index (χ0) is 19.1. The van der Waals surface area contributed by atoms with Gasteiger partial charge in [-0.05, 0) is 37.8 Å². The molecule has 0 aromatic carbocycles. The molecule has 0 radical (unpaired) electrons. The van der Waals surface area contributed by atoms with Gasteiger partial charge >= 0.3 is 0 Å². The maximum absolute atomic E-state index is 12.7. The Morgan fingerprint density at radius 3 is 2.33 bits per heavy atom. The van der Waals surface area contributed by atoms with Crippen LogP contribution in [-0.2, 0) is 9.59 Å². The summed E-state index contributed by atoms with van der Waals surface area (Å²) in [4.78, 5) is 40.7. The molecule has 0 atom stereocenters. The summed E-state index contributed by atoms with van der Waals surface area (Å²) < 4.78 is 5.02. The van der Waals surface area contributed by atoms with Crippen molar-refractivity contribution >= 4 is 17.7 Å². The van der Waals surface area contributed by atoms with Gasteiger partial charge in [0.25, 0.3) is 5.91 Å². The van der Waals surface area contributed by atoms with Gasteiger partial charge in [-0.2, -0.15) is 0 Å². The molecular weight excluding hydrogens is 346 g/mol. The molecule has 0 spiro atoms. The van der Waals surface area contributed by atoms with Crippen molar-refractivity contribution < 1.29 is 18.8 Å². The van der Waals surface area contributed by atoms with Gasteiger partial charge in [0, 0.05) is 45.1 Å². The van der Waals surface area contributed by atoms with Crippen LogP contribution in [0.3, 0.4) is 0 Å². The van der Waals surface area contributed by atoms with E-state index in [9.17, 15) is 14.4 Å². The summed E-state index contributed by atoms with van der Waals surface area (Å²) in [5.74, 6) is 0.278. The molecule has 0 bridgehead atoms. The molecule has 2 saturated heterocycles. The molecule has 3 amide bonds. The molecule has 1 aromatic rings. The number of furan rings is 1. The minimum Gasteiger partial charge on any atom is -0.459 e. The van der Waals surface area contributed by atoms with E-state index in [-0.39, 0.29) is 42.4 Å². The van der Waals surface area contributed by atoms with Crippen molar-refractivity contribution in [3.05, 3.63) is 24.2 Å². The normalized spacial score (nSPS) is 18.8. The molecule has 1 aromatic heterocycles. The summed E-state index contributed by atoms with van der Waals surface area (Å²) in [5, 5.41) is 2.69. The van der Waals surface area contributed by atoms with Gasteiger partial charge in [0.05, 0.1) is 6.26 Å². The van der Waals surface area contributed by atoms with Gasteiger partial charge < -0.3 is 19.5 Å². The molecule has 27 heavy (non-hydrogen) atoms. The maximum atomic E-state index is 12.7. The summed E-state index contributed by atoms with van der Waals surface area (Å²) >= 11 is 0. The smallest absolute Gasteiger partial charge is 0.286 e. The van der Waals surface area contributed by atoms with E-state index in [2.05, 4.69) is 5.32 Å². The number of hydrogen-bond donors (Lipinski definition) is 1. The number of nitrogens with one attached hydrogen (secondary N) is 1. The Balaban J connectivity index is 1.37. The third-order valence-corrected chi connectivity index (χ3v) is 5.48. The van der Waals surface area contributed by atoms with Crippen LogP contribution in [0.1, 0.15) is 55.5 Å². The number of piperidine rings is 1. The van der Waals surface area contributed by atoms with Crippen molar-refractivity contribution in [3.8, 4) is 0 Å². The molecule has 2 aliphatic rings. The number of likely N-dealkylation sites (tertiary alicyclic amines) is 2. The fraction of sp³-hybridized carbons (Fsp3) is 0.650. The summed E-state index contributed by atoms with van der Waals surface area (Å²) in [6.07, 6.45) is 7.81. The second-order valence-electron chi connectivity index (χ2n) is 7.38. The van der Waals surface area contributed by atoms with Gasteiger partial charge in [0.15, 0.2) is 5.76 Å². The number of carbonyl (C=O) groups excluding carboxylic acids is 3. The second-order valence-corrected chi connectivity index (χ2v) is 7.38. The SMILES string of the molecule is O=C(NCCC(=O)N1CCC(C(=O)N2CCCCCC2)CC1)c1ccco1. The van der Waals surface area contributed by atoms with Gasteiger partial charge in [0.1, 0.15) is 0 Å². The first-order valence-corrected chi connectivity index (χ1v) is 10.0. The molecule has 1 N–H and O–H groups in total. The number of nitrogens with zero attached hydrogens (tertiary/aromatic N) is 2. The molecule has 2 aliphatic heterocycles. The zero-order valence-corrected chi connectivity index (χ0v) is 15.8. The lowest BCUT2D eigenvalue weighted by Gasteiger charge is -2.34. The van der Waals surface area contributed by atoms with Crippen LogP contribution in [-0.4, -0.2) is 60.2 Å². The molecule has 2 fully saturated rings. The Morgan fingerprint density at radius 1 is 1.00 bits per heavy atom. The van der Waals surface area contributed by atoms with E-state index < -0.39 is 0 Å². The van der Waals surface area contributed by atoms with E-state index in [4.69, 9.17) is 4.42 Å². The molecule has 0 aliphatic carbocycles. The number of carbonyl (C=O) groups is 3. The lowest BCUT2D eigenvalue weighted by molar-refractivity contribution is -0.140. The highest BCUT2D eigenvalue weighted by Gasteiger charge is 2.30. The second kappa shape index (κ2) is 9.58. The number of rotatable bonds is 5. The molecule has 148 valence electrons. The molecule has 3 rings (SSSR count). The number of hydrogen-bond acceptors (Lipinski definition) is 4. The van der Waals surface area contributed by atoms with Crippen molar-refractivity contribution in [1.29, 1.82) is 0 Å². The van der Waals surface area contributed by atoms with Gasteiger partial charge in [-0.3, -0.25) is 14.4 Å². The molecule has 7 nitrogen and oxygen atoms in total. The highest BCUT2D eigenvalue weighted by atomic mass is 16.3. The summed E-state index contributed by atoms with van der Waals surface area (Å²) in [6, 6.07) is 3.24. The Kier molecular flexibility index (Phi) is 6.90. The van der Waals surface area contributed by atoms with Gasteiger partial charge in [0.2, 0.25) is 11.8 Å². The average molecular weight is 375 g/mol. The third kappa shape index (κ3) is 5.34. The molecule has 7 heteroatoms. The fourth-order valence-electron chi connectivity index (χ4n) is 3.86. The summed E-state index contributed by atoms with van der Waals surface area (Å²) in [6.45, 7) is 3.29. The predicted octanol–water partition coefficient (Wildman–Crippen LogP) is 2.04. The zero-order valence-electron chi connectivity index (χ0n) is 15.8. The van der Waals surface area contributed by atoms with Crippen molar-refractivity contribution in [3.63, 3.8) is 0 Å². The van der Waals surface area contributed by atoms with E-state index in [1.165, 1.54) is 19.1 Å². The van der Waals surface area contributed by atoms with Crippen LogP contribution >= 0.6 is 0 Å². The standard InChI is InChI=1S/C20H29N3O4/c24-18(7-10-21-19(25)17-6-5-15-27-17)22-13-8-16(9-14-22)20(26)23-11-3-1-2-4-12-23/h5-6,15-16H,1-4,7-14H2,(H,21,25). The Bertz CT molecular complexity index is 628. The van der Waals surface area contributed by atoms with E-state index in [0.717, 1.165) is 38.8 Å². The van der Waals surface area contributed by atoms with E-state index >= 15 is 0 Å². The van der Waals surface area contributed by atoms with Crippen LogP contribution in [0.15, 0.2) is 22.8 Å². The molecular formula is C20H29N3O4. The van der Waals surface area contributed by atoms with Gasteiger partial charge in [-0.1, -0.05) is 12.8 Å². The van der Waals surface area contributed by atoms with Crippen molar-refractivity contribution in [2.75, 3.05) is 32.7 Å². The monoisotopic (exact) mass is 375 g/mol. The van der Waals surface area contributed by atoms with Crippen LogP contribution in [0.2, 0.25) is 0 Å². The minimum absolute atomic E-state index is 0.0235. The van der Waals surface area contributed by atoms with Crippen molar-refractivity contribution in [2.24, 2.45) is 5.92 Å². The molecule has 3 heterocycles. The van der Waals surface area contributed by atoms with Crippen LogP contribution < -0.4 is 5.32 Å². The Labute approximate surface area is 160 Å². The highest BCUT2D eigenvalue weighted by Crippen LogP contribution is 2.22. The van der Waals surface area contributed by atoms with Gasteiger partial charge in [-0.15, -0.1) is 0 Å². The summed E-state index contributed by atoms with van der Waals surface area (Å²) in [7, 11) is 0. The minimum atomic E-state index is -0.311. The Morgan fingerprint density at radius 2 is 1.70 bits per heavy atom. The molecule has 0 unspecified atom stereocenters. The lowest BCUT2D eigenvalue weighted by atomic mass is 9.95. The molecule has 0 saturated carbocycles. The van der Waals surface area contributed by atoms with E-state index in [1.807, 2.05) is 9.80 Å².